The third-order valence-corrected chi connectivity index (χ3v) is 3.50. The zero-order chi connectivity index (χ0) is 14.9. The monoisotopic (exact) mass is 379 g/mol. The van der Waals surface area contributed by atoms with Gasteiger partial charge in [0.05, 0.1) is 21.3 Å². The van der Waals surface area contributed by atoms with Crippen LogP contribution in [0, 0.1) is 11.6 Å². The highest BCUT2D eigenvalue weighted by Gasteiger charge is 2.17. The van der Waals surface area contributed by atoms with E-state index in [1.54, 1.807) is 0 Å². The summed E-state index contributed by atoms with van der Waals surface area (Å²) in [4.78, 5) is 11.9. The van der Waals surface area contributed by atoms with Gasteiger partial charge in [-0.05, 0) is 24.3 Å². The maximum Gasteiger partial charge on any atom is 0.258 e. The number of hydrogen-bond donors (Lipinski definition) is 1. The molecule has 104 valence electrons. The van der Waals surface area contributed by atoms with Gasteiger partial charge in [-0.2, -0.15) is 0 Å². The summed E-state index contributed by atoms with van der Waals surface area (Å²) in [5.41, 5.74) is -0.301. The lowest BCUT2D eigenvalue weighted by Gasteiger charge is -2.10. The quantitative estimate of drug-likeness (QED) is 0.753. The van der Waals surface area contributed by atoms with Crippen LogP contribution in [-0.2, 0) is 0 Å². The van der Waals surface area contributed by atoms with Crippen LogP contribution in [-0.4, -0.2) is 5.91 Å². The van der Waals surface area contributed by atoms with E-state index in [4.69, 9.17) is 23.2 Å². The van der Waals surface area contributed by atoms with Gasteiger partial charge in [0, 0.05) is 4.47 Å². The van der Waals surface area contributed by atoms with E-state index >= 15 is 0 Å². The zero-order valence-corrected chi connectivity index (χ0v) is 12.8. The van der Waals surface area contributed by atoms with Gasteiger partial charge < -0.3 is 5.32 Å². The van der Waals surface area contributed by atoms with Gasteiger partial charge in [-0.3, -0.25) is 4.79 Å². The molecule has 0 unspecified atom stereocenters. The molecular weight excluding hydrogens is 375 g/mol. The average molecular weight is 381 g/mol. The molecule has 0 spiro atoms. The predicted octanol–water partition coefficient (Wildman–Crippen LogP) is 5.29. The molecule has 2 aromatic carbocycles. The highest BCUT2D eigenvalue weighted by atomic mass is 79.9. The molecule has 0 aliphatic rings. The van der Waals surface area contributed by atoms with Crippen molar-refractivity contribution in [3.63, 3.8) is 0 Å². The van der Waals surface area contributed by atoms with Crippen LogP contribution in [0.15, 0.2) is 34.8 Å². The van der Waals surface area contributed by atoms with Crippen molar-refractivity contribution in [3.05, 3.63) is 62.0 Å². The van der Waals surface area contributed by atoms with Gasteiger partial charge in [-0.1, -0.05) is 45.2 Å². The summed E-state index contributed by atoms with van der Waals surface area (Å²) >= 11 is 15.1. The van der Waals surface area contributed by atoms with E-state index in [2.05, 4.69) is 21.2 Å². The molecule has 0 aliphatic heterocycles. The molecule has 2 rings (SSSR count). The summed E-state index contributed by atoms with van der Waals surface area (Å²) in [6, 6.07) is 6.36. The van der Waals surface area contributed by atoms with E-state index in [1.807, 2.05) is 0 Å². The molecule has 0 heterocycles. The molecule has 2 nitrogen and oxygen atoms in total. The number of carbonyl (C=O) groups excluding carboxylic acids is 1. The second-order valence-electron chi connectivity index (χ2n) is 3.80. The van der Waals surface area contributed by atoms with Crippen molar-refractivity contribution in [1.82, 2.24) is 0 Å². The summed E-state index contributed by atoms with van der Waals surface area (Å²) in [5, 5.41) is 2.71. The van der Waals surface area contributed by atoms with E-state index in [9.17, 15) is 13.6 Å². The Balaban J connectivity index is 2.36. The van der Waals surface area contributed by atoms with Gasteiger partial charge in [0.1, 0.15) is 0 Å². The first-order valence-corrected chi connectivity index (χ1v) is 6.85. The molecule has 0 radical (unpaired) electrons. The standard InChI is InChI=1S/C13H6BrCl2F2NO/c14-6-4-8(15)12(9(16)5-6)19-13(20)7-2-1-3-10(17)11(7)18/h1-5H,(H,19,20). The van der Waals surface area contributed by atoms with E-state index < -0.39 is 23.1 Å². The van der Waals surface area contributed by atoms with E-state index in [-0.39, 0.29) is 15.7 Å². The summed E-state index contributed by atoms with van der Waals surface area (Å²) in [5.74, 6) is -3.17. The lowest BCUT2D eigenvalue weighted by molar-refractivity contribution is 0.102. The van der Waals surface area contributed by atoms with Crippen molar-refractivity contribution in [2.75, 3.05) is 5.32 Å². The molecule has 1 N–H and O–H groups in total. The van der Waals surface area contributed by atoms with Crippen molar-refractivity contribution in [3.8, 4) is 0 Å². The third-order valence-electron chi connectivity index (χ3n) is 2.44. The maximum absolute atomic E-state index is 13.5. The Kier molecular flexibility index (Phi) is 4.62. The van der Waals surface area contributed by atoms with Gasteiger partial charge in [0.25, 0.3) is 5.91 Å². The Morgan fingerprint density at radius 1 is 1.15 bits per heavy atom. The van der Waals surface area contributed by atoms with E-state index in [0.717, 1.165) is 12.1 Å². The summed E-state index contributed by atoms with van der Waals surface area (Å²) in [6.07, 6.45) is 0. The van der Waals surface area contributed by atoms with Crippen molar-refractivity contribution in [2.24, 2.45) is 0 Å². The third kappa shape index (κ3) is 3.11. The van der Waals surface area contributed by atoms with Crippen molar-refractivity contribution in [1.29, 1.82) is 0 Å². The molecule has 2 aromatic rings. The molecule has 0 bridgehead atoms. The molecule has 0 atom stereocenters. The van der Waals surface area contributed by atoms with E-state index in [1.165, 1.54) is 18.2 Å². The highest BCUT2D eigenvalue weighted by Crippen LogP contribution is 2.34. The fourth-order valence-corrected chi connectivity index (χ4v) is 2.82. The van der Waals surface area contributed by atoms with E-state index in [0.29, 0.717) is 4.47 Å². The van der Waals surface area contributed by atoms with Crippen molar-refractivity contribution >= 4 is 50.7 Å². The van der Waals surface area contributed by atoms with Crippen LogP contribution in [0.5, 0.6) is 0 Å². The van der Waals surface area contributed by atoms with Crippen LogP contribution in [0.2, 0.25) is 10.0 Å². The minimum absolute atomic E-state index is 0.130. The SMILES string of the molecule is O=C(Nc1c(Cl)cc(Br)cc1Cl)c1cccc(F)c1F. The number of nitrogens with one attached hydrogen (secondary N) is 1. The Bertz CT molecular complexity index is 671. The minimum Gasteiger partial charge on any atom is -0.319 e. The fraction of sp³-hybridized carbons (Fsp3) is 0. The lowest BCUT2D eigenvalue weighted by Crippen LogP contribution is -2.15. The van der Waals surface area contributed by atoms with Gasteiger partial charge in [-0.15, -0.1) is 0 Å². The molecule has 20 heavy (non-hydrogen) atoms. The largest absolute Gasteiger partial charge is 0.319 e. The van der Waals surface area contributed by atoms with Crippen LogP contribution in [0.3, 0.4) is 0 Å². The molecule has 0 saturated heterocycles. The molecule has 0 fully saturated rings. The number of carbonyl (C=O) groups is 1. The molecule has 0 aromatic heterocycles. The summed E-state index contributed by atoms with van der Waals surface area (Å²) in [6.45, 7) is 0. The van der Waals surface area contributed by atoms with Crippen LogP contribution in [0.25, 0.3) is 0 Å². The fourth-order valence-electron chi connectivity index (χ4n) is 1.52. The highest BCUT2D eigenvalue weighted by molar-refractivity contribution is 9.10. The van der Waals surface area contributed by atoms with Crippen LogP contribution in [0.4, 0.5) is 14.5 Å². The van der Waals surface area contributed by atoms with Crippen molar-refractivity contribution in [2.45, 2.75) is 0 Å². The number of rotatable bonds is 2. The first-order chi connectivity index (χ1) is 9.40. The smallest absolute Gasteiger partial charge is 0.258 e. The number of benzene rings is 2. The minimum atomic E-state index is -1.23. The second-order valence-corrected chi connectivity index (χ2v) is 5.53. The number of amides is 1. The number of anilines is 1. The first kappa shape index (κ1) is 15.2. The van der Waals surface area contributed by atoms with Crippen molar-refractivity contribution < 1.29 is 13.6 Å². The molecule has 0 aliphatic carbocycles. The zero-order valence-electron chi connectivity index (χ0n) is 9.68. The number of hydrogen-bond acceptors (Lipinski definition) is 1. The Hall–Kier alpha value is -1.17. The second kappa shape index (κ2) is 6.08. The topological polar surface area (TPSA) is 29.1 Å². The summed E-state index contributed by atoms with van der Waals surface area (Å²) in [7, 11) is 0. The lowest BCUT2D eigenvalue weighted by atomic mass is 10.2. The molecule has 0 saturated carbocycles. The van der Waals surface area contributed by atoms with Gasteiger partial charge in [-0.25, -0.2) is 8.78 Å². The first-order valence-electron chi connectivity index (χ1n) is 5.30. The molecular formula is C13H6BrCl2F2NO. The average Bonchev–Trinajstić information content (AvgIpc) is 2.36. The predicted molar refractivity (Wildman–Crippen MR) is 78.5 cm³/mol. The normalized spacial score (nSPS) is 10.4. The van der Waals surface area contributed by atoms with Gasteiger partial charge >= 0.3 is 0 Å². The summed E-state index contributed by atoms with van der Waals surface area (Å²) < 4.78 is 27.2. The Morgan fingerprint density at radius 3 is 2.35 bits per heavy atom. The van der Waals surface area contributed by atoms with Crippen LogP contribution in [0.1, 0.15) is 10.4 Å². The Labute approximate surface area is 131 Å². The van der Waals surface area contributed by atoms with Gasteiger partial charge in [0.2, 0.25) is 0 Å². The van der Waals surface area contributed by atoms with Gasteiger partial charge in [0.15, 0.2) is 11.6 Å². The Morgan fingerprint density at radius 2 is 1.75 bits per heavy atom. The van der Waals surface area contributed by atoms with Crippen LogP contribution >= 0.6 is 39.1 Å². The van der Waals surface area contributed by atoms with Crippen LogP contribution < -0.4 is 5.32 Å². The number of halogens is 5. The maximum atomic E-state index is 13.5. The molecule has 7 heteroatoms. The molecule has 1 amide bonds.